The molecule has 0 aromatic rings. The van der Waals surface area contributed by atoms with Crippen LogP contribution in [0.4, 0.5) is 0 Å². The highest BCUT2D eigenvalue weighted by Crippen LogP contribution is 2.33. The van der Waals surface area contributed by atoms with E-state index in [2.05, 4.69) is 19.2 Å². The molecular formula is C79H153NO18. The monoisotopic (exact) mass is 1400 g/mol. The van der Waals surface area contributed by atoms with Crippen LogP contribution in [0.2, 0.25) is 0 Å². The molecule has 3 saturated heterocycles. The van der Waals surface area contributed by atoms with Crippen LogP contribution in [0, 0.1) is 0 Å². The Labute approximate surface area is 595 Å². The molecule has 0 radical (unpaired) electrons. The van der Waals surface area contributed by atoms with Gasteiger partial charge < -0.3 is 89.9 Å². The van der Waals surface area contributed by atoms with Crippen molar-refractivity contribution in [2.75, 3.05) is 26.4 Å². The first kappa shape index (κ1) is 91.0. The summed E-state index contributed by atoms with van der Waals surface area (Å²) in [5.41, 5.74) is 0. The third-order valence-corrected chi connectivity index (χ3v) is 21.2. The number of carbonyl (C=O) groups excluding carboxylic acids is 1. The smallest absolute Gasteiger partial charge is 0.220 e. The topological polar surface area (TPSA) is 307 Å². The Balaban J connectivity index is 1.36. The number of carbonyl (C=O) groups is 1. The molecule has 0 aromatic carbocycles. The SMILES string of the molecule is CCCCCCCCCCCCCCCCCCCCCCCCCCCCCCCC(O)C(COC1OC(CO)C(OC2OC(CO)C(OC3OC(CO)C(O)C(O)C3O)C(O)C2O)C(O)C1O)NC(=O)CCCCCCCCCCCCCCCCCCCCCCCCCC. The van der Waals surface area contributed by atoms with Crippen molar-refractivity contribution in [2.45, 2.75) is 471 Å². The van der Waals surface area contributed by atoms with Crippen LogP contribution in [0.5, 0.6) is 0 Å². The molecule has 3 fully saturated rings. The standard InChI is InChI=1S/C79H153NO18/c1-3-5-7-9-11-13-15-17-19-21-23-25-27-29-30-31-32-33-34-36-38-40-42-44-46-48-50-52-54-56-63(84)62(80-67(85)57-55-53-51-49-47-45-43-41-39-37-35-28-26-24-22-20-18-16-14-12-10-8-6-4-2)61-93-77-73(91)70(88)75(65(59-82)95-77)98-79-74(92)71(89)76(66(60-83)96-79)97-78-72(90)69(87)68(86)64(58-81)94-78/h62-66,68-79,81-84,86-92H,3-61H2,1-2H3,(H,80,85). The van der Waals surface area contributed by atoms with E-state index >= 15 is 0 Å². The van der Waals surface area contributed by atoms with Crippen molar-refractivity contribution in [1.82, 2.24) is 5.32 Å². The molecule has 1 amide bonds. The van der Waals surface area contributed by atoms with Gasteiger partial charge in [-0.05, 0) is 12.8 Å². The van der Waals surface area contributed by atoms with Crippen molar-refractivity contribution in [2.24, 2.45) is 0 Å². The molecule has 17 atom stereocenters. The normalized spacial score (nSPS) is 26.6. The van der Waals surface area contributed by atoms with E-state index in [1.54, 1.807) is 0 Å². The summed E-state index contributed by atoms with van der Waals surface area (Å²) in [7, 11) is 0. The molecule has 98 heavy (non-hydrogen) atoms. The van der Waals surface area contributed by atoms with Crippen molar-refractivity contribution in [3.8, 4) is 0 Å². The number of ether oxygens (including phenoxy) is 6. The van der Waals surface area contributed by atoms with Crippen molar-refractivity contribution < 1.29 is 89.4 Å². The van der Waals surface area contributed by atoms with E-state index in [1.165, 1.54) is 289 Å². The van der Waals surface area contributed by atoms with E-state index in [4.69, 9.17) is 28.4 Å². The second-order valence-corrected chi connectivity index (χ2v) is 30.0. The summed E-state index contributed by atoms with van der Waals surface area (Å²) in [6, 6.07) is -0.883. The first-order chi connectivity index (χ1) is 47.8. The summed E-state index contributed by atoms with van der Waals surface area (Å²) in [5.74, 6) is -0.232. The summed E-state index contributed by atoms with van der Waals surface area (Å²) in [6.07, 6.45) is 43.4. The number of aliphatic hydroxyl groups excluding tert-OH is 11. The van der Waals surface area contributed by atoms with Crippen LogP contribution in [0.1, 0.15) is 367 Å². The lowest BCUT2D eigenvalue weighted by molar-refractivity contribution is -0.379. The van der Waals surface area contributed by atoms with E-state index in [-0.39, 0.29) is 18.9 Å². The van der Waals surface area contributed by atoms with Gasteiger partial charge in [0.2, 0.25) is 5.91 Å². The minimum atomic E-state index is -1.97. The van der Waals surface area contributed by atoms with E-state index in [9.17, 15) is 61.0 Å². The molecule has 12 N–H and O–H groups in total. The second kappa shape index (κ2) is 61.0. The molecular weight excluding hydrogens is 1250 g/mol. The van der Waals surface area contributed by atoms with E-state index in [1.807, 2.05) is 0 Å². The molecule has 3 aliphatic heterocycles. The van der Waals surface area contributed by atoms with Crippen LogP contribution in [-0.4, -0.2) is 193 Å². The third-order valence-electron chi connectivity index (χ3n) is 21.2. The lowest BCUT2D eigenvalue weighted by Crippen LogP contribution is -2.66. The Morgan fingerprint density at radius 1 is 0.327 bits per heavy atom. The highest BCUT2D eigenvalue weighted by Gasteiger charge is 2.54. The fraction of sp³-hybridized carbons (Fsp3) is 0.987. The number of nitrogens with one attached hydrogen (secondary N) is 1. The van der Waals surface area contributed by atoms with E-state index in [0.29, 0.717) is 12.8 Å². The van der Waals surface area contributed by atoms with Gasteiger partial charge in [-0.1, -0.05) is 348 Å². The lowest BCUT2D eigenvalue weighted by atomic mass is 9.96. The van der Waals surface area contributed by atoms with Gasteiger partial charge >= 0.3 is 0 Å². The molecule has 17 unspecified atom stereocenters. The summed E-state index contributed by atoms with van der Waals surface area (Å²) >= 11 is 0. The molecule has 0 spiro atoms. The highest BCUT2D eigenvalue weighted by molar-refractivity contribution is 5.76. The molecule has 0 aliphatic carbocycles. The Hall–Kier alpha value is -1.21. The van der Waals surface area contributed by atoms with E-state index in [0.717, 1.165) is 44.9 Å². The first-order valence-corrected chi connectivity index (χ1v) is 41.3. The third kappa shape index (κ3) is 40.9. The maximum atomic E-state index is 13.5. The van der Waals surface area contributed by atoms with Gasteiger partial charge in [0.05, 0.1) is 38.6 Å². The highest BCUT2D eigenvalue weighted by atomic mass is 16.8. The Morgan fingerprint density at radius 3 is 0.888 bits per heavy atom. The Kier molecular flexibility index (Phi) is 56.6. The zero-order chi connectivity index (χ0) is 71.1. The van der Waals surface area contributed by atoms with Gasteiger partial charge in [-0.2, -0.15) is 0 Å². The predicted molar refractivity (Wildman–Crippen MR) is 388 cm³/mol. The molecule has 3 heterocycles. The number of rotatable bonds is 67. The molecule has 0 aromatic heterocycles. The van der Waals surface area contributed by atoms with Crippen molar-refractivity contribution in [3.05, 3.63) is 0 Å². The van der Waals surface area contributed by atoms with E-state index < -0.39 is 124 Å². The number of aliphatic hydroxyl groups is 11. The number of hydrogen-bond acceptors (Lipinski definition) is 18. The van der Waals surface area contributed by atoms with Gasteiger partial charge in [0, 0.05) is 6.42 Å². The van der Waals surface area contributed by atoms with Crippen LogP contribution in [0.3, 0.4) is 0 Å². The van der Waals surface area contributed by atoms with Crippen molar-refractivity contribution >= 4 is 5.91 Å². The van der Waals surface area contributed by atoms with Crippen LogP contribution < -0.4 is 5.32 Å². The van der Waals surface area contributed by atoms with Gasteiger partial charge in [0.15, 0.2) is 18.9 Å². The summed E-state index contributed by atoms with van der Waals surface area (Å²) < 4.78 is 34.6. The van der Waals surface area contributed by atoms with Gasteiger partial charge in [-0.3, -0.25) is 4.79 Å². The van der Waals surface area contributed by atoms with Gasteiger partial charge in [0.1, 0.15) is 73.2 Å². The Bertz CT molecular complexity index is 1770. The quantitative estimate of drug-likeness (QED) is 0.0252. The maximum Gasteiger partial charge on any atom is 0.220 e. The minimum absolute atomic E-state index is 0.232. The zero-order valence-corrected chi connectivity index (χ0v) is 62.3. The second-order valence-electron chi connectivity index (χ2n) is 30.0. The fourth-order valence-corrected chi connectivity index (χ4v) is 14.6. The minimum Gasteiger partial charge on any atom is -0.394 e. The average molecular weight is 1410 g/mol. The van der Waals surface area contributed by atoms with Gasteiger partial charge in [0.25, 0.3) is 0 Å². The van der Waals surface area contributed by atoms with Gasteiger partial charge in [-0.25, -0.2) is 0 Å². The molecule has 582 valence electrons. The van der Waals surface area contributed by atoms with Crippen LogP contribution >= 0.6 is 0 Å². The lowest BCUT2D eigenvalue weighted by Gasteiger charge is -2.48. The number of unbranched alkanes of at least 4 members (excludes halogenated alkanes) is 51. The van der Waals surface area contributed by atoms with Crippen LogP contribution in [-0.2, 0) is 33.2 Å². The largest absolute Gasteiger partial charge is 0.394 e. The van der Waals surface area contributed by atoms with Crippen molar-refractivity contribution in [3.63, 3.8) is 0 Å². The Morgan fingerprint density at radius 2 is 0.582 bits per heavy atom. The fourth-order valence-electron chi connectivity index (χ4n) is 14.6. The van der Waals surface area contributed by atoms with Gasteiger partial charge in [-0.15, -0.1) is 0 Å². The maximum absolute atomic E-state index is 13.5. The molecule has 19 nitrogen and oxygen atoms in total. The molecule has 0 saturated carbocycles. The van der Waals surface area contributed by atoms with Crippen molar-refractivity contribution in [1.29, 1.82) is 0 Å². The number of amides is 1. The van der Waals surface area contributed by atoms with Crippen LogP contribution in [0.15, 0.2) is 0 Å². The molecule has 0 bridgehead atoms. The summed E-state index contributed by atoms with van der Waals surface area (Å²) in [6.45, 7) is 1.88. The first-order valence-electron chi connectivity index (χ1n) is 41.3. The zero-order valence-electron chi connectivity index (χ0n) is 62.3. The summed E-state index contributed by atoms with van der Waals surface area (Å²) in [4.78, 5) is 13.5. The number of hydrogen-bond donors (Lipinski definition) is 12. The average Bonchev–Trinajstić information content (AvgIpc) is 0.784. The summed E-state index contributed by atoms with van der Waals surface area (Å²) in [5, 5.41) is 121. The molecule has 19 heteroatoms. The predicted octanol–water partition coefficient (Wildman–Crippen LogP) is 13.8. The van der Waals surface area contributed by atoms with Crippen LogP contribution in [0.25, 0.3) is 0 Å². The molecule has 3 aliphatic rings. The molecule has 3 rings (SSSR count).